The van der Waals surface area contributed by atoms with Crippen LogP contribution in [0.3, 0.4) is 0 Å². The fourth-order valence-corrected chi connectivity index (χ4v) is 5.75. The molecule has 194 valence electrons. The van der Waals surface area contributed by atoms with Crippen molar-refractivity contribution >= 4 is 27.0 Å². The Labute approximate surface area is 218 Å². The highest BCUT2D eigenvalue weighted by Gasteiger charge is 2.27. The van der Waals surface area contributed by atoms with Crippen LogP contribution >= 0.6 is 0 Å². The number of fused-ring (bicyclic) bond motifs is 1. The number of esters is 1. The van der Waals surface area contributed by atoms with Crippen LogP contribution in [0.25, 0.3) is 11.0 Å². The highest BCUT2D eigenvalue weighted by atomic mass is 32.2. The van der Waals surface area contributed by atoms with E-state index in [4.69, 9.17) is 9.15 Å². The lowest BCUT2D eigenvalue weighted by Gasteiger charge is -2.23. The minimum Gasteiger partial charge on any atom is -0.460 e. The zero-order valence-electron chi connectivity index (χ0n) is 21.7. The molecule has 0 atom stereocenters. The fraction of sp³-hybridized carbons (Fsp3) is 0.300. The van der Waals surface area contributed by atoms with Crippen LogP contribution in [-0.2, 0) is 27.7 Å². The van der Waals surface area contributed by atoms with E-state index in [0.29, 0.717) is 35.4 Å². The molecule has 0 radical (unpaired) electrons. The minimum atomic E-state index is -3.85. The van der Waals surface area contributed by atoms with Crippen LogP contribution < -0.4 is 0 Å². The van der Waals surface area contributed by atoms with E-state index in [9.17, 15) is 13.2 Å². The van der Waals surface area contributed by atoms with Crippen molar-refractivity contribution in [3.8, 4) is 0 Å². The summed E-state index contributed by atoms with van der Waals surface area (Å²) in [5.74, 6) is -0.0658. The molecule has 0 saturated carbocycles. The summed E-state index contributed by atoms with van der Waals surface area (Å²) in [7, 11) is -3.85. The van der Waals surface area contributed by atoms with Gasteiger partial charge in [-0.05, 0) is 61.1 Å². The molecule has 37 heavy (non-hydrogen) atoms. The van der Waals surface area contributed by atoms with Gasteiger partial charge in [0, 0.05) is 24.0 Å². The van der Waals surface area contributed by atoms with E-state index in [2.05, 4.69) is 26.0 Å². The molecule has 0 spiro atoms. The molecular weight excluding hydrogens is 486 g/mol. The number of hydrogen-bond acceptors (Lipinski definition) is 5. The van der Waals surface area contributed by atoms with Gasteiger partial charge in [0.15, 0.2) is 0 Å². The van der Waals surface area contributed by atoms with Crippen LogP contribution in [0.5, 0.6) is 0 Å². The van der Waals surface area contributed by atoms with Gasteiger partial charge in [0.05, 0.1) is 11.5 Å². The molecule has 0 bridgehead atoms. The van der Waals surface area contributed by atoms with Crippen molar-refractivity contribution in [2.24, 2.45) is 0 Å². The molecular formula is C30H33NO5S. The summed E-state index contributed by atoms with van der Waals surface area (Å²) in [6.45, 7) is 8.53. The third-order valence-corrected chi connectivity index (χ3v) is 8.35. The Bertz CT molecular complexity index is 1470. The SMILES string of the molecule is CCOC(=O)c1oc2ccc(S(=O)(=O)N(CCc3ccccc3)Cc3ccc(C(C)C)cc3)cc2c1C. The number of carbonyl (C=O) groups excluding carboxylic acids is 1. The van der Waals surface area contributed by atoms with Crippen LogP contribution in [0.4, 0.5) is 0 Å². The summed E-state index contributed by atoms with van der Waals surface area (Å²) in [6.07, 6.45) is 0.587. The molecule has 7 heteroatoms. The molecule has 1 aromatic heterocycles. The number of benzene rings is 3. The van der Waals surface area contributed by atoms with E-state index in [-0.39, 0.29) is 23.8 Å². The Morgan fingerprint density at radius 3 is 2.32 bits per heavy atom. The number of aryl methyl sites for hydroxylation is 1. The third-order valence-electron chi connectivity index (χ3n) is 6.50. The van der Waals surface area contributed by atoms with Crippen molar-refractivity contribution < 1.29 is 22.4 Å². The zero-order valence-corrected chi connectivity index (χ0v) is 22.5. The monoisotopic (exact) mass is 519 g/mol. The summed E-state index contributed by atoms with van der Waals surface area (Å²) in [5, 5.41) is 0.577. The lowest BCUT2D eigenvalue weighted by atomic mass is 10.0. The maximum atomic E-state index is 13.9. The Morgan fingerprint density at radius 2 is 1.68 bits per heavy atom. The first-order chi connectivity index (χ1) is 17.7. The van der Waals surface area contributed by atoms with Gasteiger partial charge in [-0.3, -0.25) is 0 Å². The number of hydrogen-bond donors (Lipinski definition) is 0. The van der Waals surface area contributed by atoms with Crippen molar-refractivity contribution in [2.45, 2.75) is 51.5 Å². The van der Waals surface area contributed by atoms with Crippen LogP contribution in [0.15, 0.2) is 82.1 Å². The quantitative estimate of drug-likeness (QED) is 0.224. The second-order valence-corrected chi connectivity index (χ2v) is 11.3. The van der Waals surface area contributed by atoms with Crippen molar-refractivity contribution in [1.82, 2.24) is 4.31 Å². The molecule has 4 rings (SSSR count). The number of ether oxygens (including phenoxy) is 1. The summed E-state index contributed by atoms with van der Waals surface area (Å²) in [5.41, 5.74) is 4.20. The predicted molar refractivity (Wildman–Crippen MR) is 145 cm³/mol. The molecule has 0 fully saturated rings. The van der Waals surface area contributed by atoms with Crippen molar-refractivity contribution in [3.05, 3.63) is 101 Å². The van der Waals surface area contributed by atoms with Gasteiger partial charge in [0.1, 0.15) is 5.58 Å². The predicted octanol–water partition coefficient (Wildman–Crippen LogP) is 6.47. The molecule has 0 aliphatic carbocycles. The maximum absolute atomic E-state index is 13.9. The highest BCUT2D eigenvalue weighted by molar-refractivity contribution is 7.89. The molecule has 0 aliphatic rings. The standard InChI is InChI=1S/C30H33NO5S/c1-5-35-30(32)29-22(4)27-19-26(15-16-28(27)36-29)37(33,34)31(18-17-23-9-7-6-8-10-23)20-24-11-13-25(14-12-24)21(2)3/h6-16,19,21H,5,17-18,20H2,1-4H3. The van der Waals surface area contributed by atoms with Gasteiger partial charge in [-0.15, -0.1) is 0 Å². The molecule has 0 aliphatic heterocycles. The second-order valence-electron chi connectivity index (χ2n) is 9.41. The average Bonchev–Trinajstić information content (AvgIpc) is 3.23. The Kier molecular flexibility index (Phi) is 8.15. The van der Waals surface area contributed by atoms with Crippen molar-refractivity contribution in [2.75, 3.05) is 13.2 Å². The molecule has 3 aromatic carbocycles. The summed E-state index contributed by atoms with van der Waals surface area (Å²) < 4.78 is 40.2. The highest BCUT2D eigenvalue weighted by Crippen LogP contribution is 2.30. The van der Waals surface area contributed by atoms with Crippen LogP contribution in [-0.4, -0.2) is 31.8 Å². The molecule has 0 N–H and O–H groups in total. The van der Waals surface area contributed by atoms with Gasteiger partial charge >= 0.3 is 5.97 Å². The summed E-state index contributed by atoms with van der Waals surface area (Å²) >= 11 is 0. The number of carbonyl (C=O) groups is 1. The summed E-state index contributed by atoms with van der Waals surface area (Å²) in [4.78, 5) is 12.4. The Balaban J connectivity index is 1.68. The first-order valence-electron chi connectivity index (χ1n) is 12.5. The van der Waals surface area contributed by atoms with E-state index >= 15 is 0 Å². The summed E-state index contributed by atoms with van der Waals surface area (Å²) in [6, 6.07) is 22.7. The molecule has 0 amide bonds. The van der Waals surface area contributed by atoms with Crippen LogP contribution in [0.2, 0.25) is 0 Å². The first-order valence-corrected chi connectivity index (χ1v) is 14.0. The number of rotatable bonds is 10. The van der Waals surface area contributed by atoms with Gasteiger partial charge in [-0.2, -0.15) is 4.31 Å². The average molecular weight is 520 g/mol. The van der Waals surface area contributed by atoms with Gasteiger partial charge < -0.3 is 9.15 Å². The van der Waals surface area contributed by atoms with E-state index < -0.39 is 16.0 Å². The lowest BCUT2D eigenvalue weighted by Crippen LogP contribution is -2.32. The molecule has 0 unspecified atom stereocenters. The lowest BCUT2D eigenvalue weighted by molar-refractivity contribution is 0.0491. The molecule has 1 heterocycles. The second kappa shape index (κ2) is 11.3. The van der Waals surface area contributed by atoms with E-state index in [1.54, 1.807) is 26.0 Å². The number of sulfonamides is 1. The van der Waals surface area contributed by atoms with Crippen molar-refractivity contribution in [3.63, 3.8) is 0 Å². The van der Waals surface area contributed by atoms with E-state index in [0.717, 1.165) is 11.1 Å². The van der Waals surface area contributed by atoms with Crippen LogP contribution in [0, 0.1) is 6.92 Å². The van der Waals surface area contributed by atoms with E-state index in [1.807, 2.05) is 42.5 Å². The zero-order chi connectivity index (χ0) is 26.6. The van der Waals surface area contributed by atoms with E-state index in [1.165, 1.54) is 15.9 Å². The smallest absolute Gasteiger partial charge is 0.374 e. The largest absolute Gasteiger partial charge is 0.460 e. The fourth-order valence-electron chi connectivity index (χ4n) is 4.30. The molecule has 6 nitrogen and oxygen atoms in total. The Morgan fingerprint density at radius 1 is 0.973 bits per heavy atom. The maximum Gasteiger partial charge on any atom is 0.374 e. The number of furan rings is 1. The van der Waals surface area contributed by atoms with Crippen LogP contribution in [0.1, 0.15) is 59.5 Å². The molecule has 0 saturated heterocycles. The van der Waals surface area contributed by atoms with Crippen molar-refractivity contribution in [1.29, 1.82) is 0 Å². The number of nitrogens with zero attached hydrogens (tertiary/aromatic N) is 1. The van der Waals surface area contributed by atoms with Gasteiger partial charge in [-0.1, -0.05) is 68.4 Å². The topological polar surface area (TPSA) is 76.8 Å². The van der Waals surface area contributed by atoms with Gasteiger partial charge in [0.2, 0.25) is 15.8 Å². The third kappa shape index (κ3) is 5.95. The molecule has 4 aromatic rings. The Hall–Kier alpha value is -3.42. The van der Waals surface area contributed by atoms with Gasteiger partial charge in [0.25, 0.3) is 0 Å². The normalized spacial score (nSPS) is 11.9. The first kappa shape index (κ1) is 26.6. The van der Waals surface area contributed by atoms with Gasteiger partial charge in [-0.25, -0.2) is 13.2 Å². The minimum absolute atomic E-state index is 0.0950.